The molecular formula is C19H23F2N3O. The van der Waals surface area contributed by atoms with Gasteiger partial charge in [-0.05, 0) is 61.8 Å². The van der Waals surface area contributed by atoms with Crippen molar-refractivity contribution in [1.29, 1.82) is 0 Å². The van der Waals surface area contributed by atoms with Gasteiger partial charge < -0.3 is 15.5 Å². The first kappa shape index (κ1) is 15.7. The van der Waals surface area contributed by atoms with E-state index >= 15 is 0 Å². The molecule has 4 aliphatic heterocycles. The molecule has 4 fully saturated rings. The minimum Gasteiger partial charge on any atom is -0.330 e. The average molecular weight is 347 g/mol. The third kappa shape index (κ3) is 2.41. The largest absolute Gasteiger partial charge is 0.330 e. The Bertz CT molecular complexity index is 716. The molecule has 3 unspecified atom stereocenters. The fourth-order valence-electron chi connectivity index (χ4n) is 5.24. The minimum atomic E-state index is -0.964. The summed E-state index contributed by atoms with van der Waals surface area (Å²) in [5, 5.41) is 6.79. The average Bonchev–Trinajstić information content (AvgIpc) is 2.96. The summed E-state index contributed by atoms with van der Waals surface area (Å²) in [6, 6.07) is 2.41. The highest BCUT2D eigenvalue weighted by Crippen LogP contribution is 2.43. The summed E-state index contributed by atoms with van der Waals surface area (Å²) in [4.78, 5) is 14.6. The van der Waals surface area contributed by atoms with E-state index in [0.717, 1.165) is 49.9 Å². The number of nitrogens with one attached hydrogen (secondary N) is 2. The lowest BCUT2D eigenvalue weighted by Gasteiger charge is -2.47. The van der Waals surface area contributed by atoms with Gasteiger partial charge in [0.1, 0.15) is 0 Å². The molecule has 4 nitrogen and oxygen atoms in total. The van der Waals surface area contributed by atoms with Gasteiger partial charge in [-0.2, -0.15) is 0 Å². The van der Waals surface area contributed by atoms with Gasteiger partial charge in [0.15, 0.2) is 11.6 Å². The normalized spacial score (nSPS) is 34.0. The van der Waals surface area contributed by atoms with E-state index in [4.69, 9.17) is 0 Å². The van der Waals surface area contributed by atoms with Crippen LogP contribution in [0.2, 0.25) is 0 Å². The second-order valence-electron chi connectivity index (χ2n) is 8.01. The van der Waals surface area contributed by atoms with E-state index in [-0.39, 0.29) is 23.4 Å². The number of piperidine rings is 2. The lowest BCUT2D eigenvalue weighted by molar-refractivity contribution is 0.0670. The fourth-order valence-corrected chi connectivity index (χ4v) is 5.24. The highest BCUT2D eigenvalue weighted by molar-refractivity contribution is 5.99. The van der Waals surface area contributed by atoms with Crippen LogP contribution in [0.15, 0.2) is 6.07 Å². The van der Waals surface area contributed by atoms with Gasteiger partial charge in [0.05, 0.1) is 5.56 Å². The van der Waals surface area contributed by atoms with Gasteiger partial charge in [-0.15, -0.1) is 0 Å². The molecule has 2 bridgehead atoms. The predicted molar refractivity (Wildman–Crippen MR) is 89.4 cm³/mol. The van der Waals surface area contributed by atoms with Crippen LogP contribution in [-0.4, -0.2) is 42.0 Å². The lowest BCUT2D eigenvalue weighted by atomic mass is 9.72. The Balaban J connectivity index is 1.51. The van der Waals surface area contributed by atoms with Gasteiger partial charge in [-0.3, -0.25) is 4.79 Å². The predicted octanol–water partition coefficient (Wildman–Crippen LogP) is 2.28. The lowest BCUT2D eigenvalue weighted by Crippen LogP contribution is -2.57. The second-order valence-corrected chi connectivity index (χ2v) is 8.01. The van der Waals surface area contributed by atoms with Crippen LogP contribution in [0.4, 0.5) is 8.78 Å². The van der Waals surface area contributed by atoms with Crippen molar-refractivity contribution >= 4 is 5.91 Å². The Morgan fingerprint density at radius 3 is 2.60 bits per heavy atom. The van der Waals surface area contributed by atoms with Crippen molar-refractivity contribution in [3.05, 3.63) is 34.4 Å². The van der Waals surface area contributed by atoms with E-state index in [1.165, 1.54) is 12.5 Å². The fraction of sp³-hybridized carbons (Fsp3) is 0.632. The van der Waals surface area contributed by atoms with Crippen LogP contribution in [0.1, 0.15) is 59.5 Å². The van der Waals surface area contributed by atoms with Gasteiger partial charge in [0.2, 0.25) is 0 Å². The van der Waals surface area contributed by atoms with E-state index in [2.05, 4.69) is 10.6 Å². The molecule has 1 amide bonds. The number of carbonyl (C=O) groups excluding carboxylic acids is 1. The topological polar surface area (TPSA) is 44.4 Å². The smallest absolute Gasteiger partial charge is 0.257 e. The first-order valence-electron chi connectivity index (χ1n) is 9.40. The van der Waals surface area contributed by atoms with E-state index in [9.17, 15) is 13.6 Å². The van der Waals surface area contributed by atoms with E-state index < -0.39 is 11.6 Å². The molecule has 0 spiro atoms. The number of amides is 1. The van der Waals surface area contributed by atoms with E-state index in [0.29, 0.717) is 18.6 Å². The monoisotopic (exact) mass is 347 g/mol. The maximum Gasteiger partial charge on any atom is 0.257 e. The van der Waals surface area contributed by atoms with Crippen LogP contribution < -0.4 is 10.6 Å². The van der Waals surface area contributed by atoms with E-state index in [1.807, 2.05) is 0 Å². The minimum absolute atomic E-state index is 0.00669. The van der Waals surface area contributed by atoms with Crippen LogP contribution in [0.3, 0.4) is 0 Å². The first-order valence-corrected chi connectivity index (χ1v) is 9.40. The Hall–Kier alpha value is -1.53. The maximum atomic E-state index is 14.5. The SMILES string of the molecule is O=C1c2c(F)c(F)cc(C3CC4CC(C3)N4)c2CN1C1CCCNC1. The van der Waals surface area contributed by atoms with Crippen LogP contribution in [0.25, 0.3) is 0 Å². The quantitative estimate of drug-likeness (QED) is 0.863. The van der Waals surface area contributed by atoms with Crippen LogP contribution in [0, 0.1) is 11.6 Å². The molecule has 4 heterocycles. The number of hydrogen-bond donors (Lipinski definition) is 2. The summed E-state index contributed by atoms with van der Waals surface area (Å²) < 4.78 is 28.7. The van der Waals surface area contributed by atoms with Crippen molar-refractivity contribution in [2.24, 2.45) is 0 Å². The zero-order valence-electron chi connectivity index (χ0n) is 14.2. The summed E-state index contributed by atoms with van der Waals surface area (Å²) in [5.41, 5.74) is 1.60. The molecule has 25 heavy (non-hydrogen) atoms. The molecule has 6 rings (SSSR count). The molecule has 1 aromatic rings. The molecule has 1 saturated carbocycles. The number of nitrogens with zero attached hydrogens (tertiary/aromatic N) is 1. The number of rotatable bonds is 2. The van der Waals surface area contributed by atoms with Crippen molar-refractivity contribution < 1.29 is 13.6 Å². The Morgan fingerprint density at radius 2 is 1.92 bits per heavy atom. The van der Waals surface area contributed by atoms with Gasteiger partial charge >= 0.3 is 0 Å². The van der Waals surface area contributed by atoms with Crippen LogP contribution in [-0.2, 0) is 6.54 Å². The molecule has 134 valence electrons. The Kier molecular flexibility index (Phi) is 3.61. The molecule has 0 radical (unpaired) electrons. The van der Waals surface area contributed by atoms with Crippen molar-refractivity contribution in [2.75, 3.05) is 13.1 Å². The first-order chi connectivity index (χ1) is 12.1. The summed E-state index contributed by atoms with van der Waals surface area (Å²) in [6.07, 6.45) is 5.01. The number of hydrogen-bond acceptors (Lipinski definition) is 3. The number of benzene rings is 1. The Morgan fingerprint density at radius 1 is 1.16 bits per heavy atom. The standard InChI is InChI=1S/C19H23F2N3O/c20-16-7-14(10-4-11-6-12(5-10)23-11)15-9-24(13-2-1-3-22-8-13)19(25)17(15)18(16)21/h7,10-13,22-23H,1-6,8-9H2. The van der Waals surface area contributed by atoms with Gasteiger partial charge in [-0.1, -0.05) is 0 Å². The summed E-state index contributed by atoms with van der Waals surface area (Å²) in [7, 11) is 0. The Labute approximate surface area is 146 Å². The van der Waals surface area contributed by atoms with Crippen molar-refractivity contribution in [2.45, 2.75) is 62.7 Å². The molecule has 5 aliphatic rings. The van der Waals surface area contributed by atoms with E-state index in [1.54, 1.807) is 4.90 Å². The molecule has 1 aromatic carbocycles. The molecule has 1 aliphatic carbocycles. The van der Waals surface area contributed by atoms with Crippen molar-refractivity contribution in [3.63, 3.8) is 0 Å². The molecule has 0 aromatic heterocycles. The third-order valence-corrected chi connectivity index (χ3v) is 6.49. The summed E-state index contributed by atoms with van der Waals surface area (Å²) >= 11 is 0. The maximum absolute atomic E-state index is 14.5. The van der Waals surface area contributed by atoms with Crippen molar-refractivity contribution in [3.8, 4) is 0 Å². The highest BCUT2D eigenvalue weighted by Gasteiger charge is 2.43. The number of carbonyl (C=O) groups is 1. The van der Waals surface area contributed by atoms with Crippen LogP contribution in [0.5, 0.6) is 0 Å². The second kappa shape index (κ2) is 5.74. The number of halogens is 2. The summed E-state index contributed by atoms with van der Waals surface area (Å²) in [6.45, 7) is 2.11. The molecule has 3 saturated heterocycles. The van der Waals surface area contributed by atoms with Crippen molar-refractivity contribution in [1.82, 2.24) is 15.5 Å². The van der Waals surface area contributed by atoms with Crippen LogP contribution >= 0.6 is 0 Å². The van der Waals surface area contributed by atoms with Gasteiger partial charge in [-0.25, -0.2) is 8.78 Å². The third-order valence-electron chi connectivity index (χ3n) is 6.49. The highest BCUT2D eigenvalue weighted by atomic mass is 19.2. The summed E-state index contributed by atoms with van der Waals surface area (Å²) in [5.74, 6) is -1.95. The molecule has 6 heteroatoms. The molecule has 2 N–H and O–H groups in total. The molecule has 3 atom stereocenters. The molecular weight excluding hydrogens is 324 g/mol. The zero-order valence-corrected chi connectivity index (χ0v) is 14.2. The zero-order chi connectivity index (χ0) is 17.1. The van der Waals surface area contributed by atoms with Gasteiger partial charge in [0.25, 0.3) is 5.91 Å². The number of fused-ring (bicyclic) bond motifs is 3. The van der Waals surface area contributed by atoms with Gasteiger partial charge in [0, 0.05) is 31.2 Å².